The van der Waals surface area contributed by atoms with Gasteiger partial charge in [0, 0.05) is 0 Å². The Hall–Kier alpha value is -4.08. The second-order valence-corrected chi connectivity index (χ2v) is 11.0. The fourth-order valence-corrected chi connectivity index (χ4v) is 6.67. The third-order valence-electron chi connectivity index (χ3n) is 6.47. The molecule has 6 aromatic rings. The molecule has 0 radical (unpaired) electrons. The molecule has 0 amide bonds. The van der Waals surface area contributed by atoms with E-state index in [1.54, 1.807) is 0 Å². The standard InChI is InChI=1S/C35H24Se/c1-3-13-30-23-26(19-20-27(30)10-1)9-7-18-35(32-22-21-28-11-2-4-14-31(28)24-32)36-25-33-16-8-15-29-12-5-6-17-34(29)33/h1-6,8,10-24H,25H2/b35-18-. The molecule has 170 valence electrons. The molecule has 0 saturated heterocycles. The van der Waals surface area contributed by atoms with Crippen LogP contribution in [0.25, 0.3) is 36.8 Å². The molecule has 0 aromatic heterocycles. The quantitative estimate of drug-likeness (QED) is 0.161. The van der Waals surface area contributed by atoms with Crippen molar-refractivity contribution in [3.63, 3.8) is 0 Å². The Morgan fingerprint density at radius 1 is 0.583 bits per heavy atom. The normalized spacial score (nSPS) is 11.5. The van der Waals surface area contributed by atoms with Gasteiger partial charge in [0.15, 0.2) is 0 Å². The van der Waals surface area contributed by atoms with Gasteiger partial charge in [0.2, 0.25) is 0 Å². The number of benzene rings is 6. The van der Waals surface area contributed by atoms with E-state index in [0.29, 0.717) is 0 Å². The molecule has 0 spiro atoms. The van der Waals surface area contributed by atoms with Gasteiger partial charge in [-0.15, -0.1) is 0 Å². The van der Waals surface area contributed by atoms with Crippen LogP contribution in [-0.4, -0.2) is 15.0 Å². The Morgan fingerprint density at radius 3 is 2.03 bits per heavy atom. The number of fused-ring (bicyclic) bond motifs is 3. The van der Waals surface area contributed by atoms with Crippen LogP contribution in [0.5, 0.6) is 0 Å². The summed E-state index contributed by atoms with van der Waals surface area (Å²) in [5, 5.41) is 8.69. The van der Waals surface area contributed by atoms with Crippen molar-refractivity contribution in [2.24, 2.45) is 0 Å². The minimum atomic E-state index is 0.241. The van der Waals surface area contributed by atoms with Crippen LogP contribution in [0.3, 0.4) is 0 Å². The maximum absolute atomic E-state index is 3.39. The Labute approximate surface area is 218 Å². The van der Waals surface area contributed by atoms with Crippen LogP contribution in [-0.2, 0) is 5.32 Å². The molecule has 0 fully saturated rings. The van der Waals surface area contributed by atoms with Crippen LogP contribution >= 0.6 is 0 Å². The minimum absolute atomic E-state index is 0.241. The molecule has 6 aromatic carbocycles. The zero-order valence-corrected chi connectivity index (χ0v) is 21.5. The van der Waals surface area contributed by atoms with Crippen molar-refractivity contribution < 1.29 is 0 Å². The molecule has 0 aliphatic rings. The molecule has 0 aliphatic carbocycles. The van der Waals surface area contributed by atoms with Gasteiger partial charge in [0.25, 0.3) is 0 Å². The average molecular weight is 524 g/mol. The van der Waals surface area contributed by atoms with Crippen LogP contribution < -0.4 is 0 Å². The molecule has 0 aliphatic heterocycles. The number of allylic oxidation sites excluding steroid dienone is 1. The van der Waals surface area contributed by atoms with Gasteiger partial charge in [0.05, 0.1) is 0 Å². The summed E-state index contributed by atoms with van der Waals surface area (Å²) in [5.74, 6) is 6.78. The van der Waals surface area contributed by atoms with Crippen molar-refractivity contribution in [2.75, 3.05) is 0 Å². The van der Waals surface area contributed by atoms with Crippen LogP contribution in [0.1, 0.15) is 16.7 Å². The first kappa shape index (κ1) is 22.4. The average Bonchev–Trinajstić information content (AvgIpc) is 2.94. The molecule has 0 atom stereocenters. The van der Waals surface area contributed by atoms with Crippen molar-refractivity contribution in [1.82, 2.24) is 0 Å². The molecular weight excluding hydrogens is 499 g/mol. The third-order valence-corrected chi connectivity index (χ3v) is 8.82. The molecule has 0 unspecified atom stereocenters. The fraction of sp³-hybridized carbons (Fsp3) is 0.0286. The molecule has 0 bridgehead atoms. The topological polar surface area (TPSA) is 0 Å². The number of hydrogen-bond acceptors (Lipinski definition) is 0. The summed E-state index contributed by atoms with van der Waals surface area (Å²) >= 11 is 0.241. The first-order chi connectivity index (χ1) is 17.8. The predicted octanol–water partition coefficient (Wildman–Crippen LogP) is 8.44. The van der Waals surface area contributed by atoms with Gasteiger partial charge in [0.1, 0.15) is 0 Å². The Kier molecular flexibility index (Phi) is 6.39. The summed E-state index contributed by atoms with van der Waals surface area (Å²) in [5.41, 5.74) is 3.72. The second-order valence-electron chi connectivity index (χ2n) is 8.83. The van der Waals surface area contributed by atoms with E-state index in [1.807, 2.05) is 0 Å². The summed E-state index contributed by atoms with van der Waals surface area (Å²) in [7, 11) is 0. The van der Waals surface area contributed by atoms with Crippen LogP contribution in [0.4, 0.5) is 0 Å². The molecule has 0 saturated carbocycles. The first-order valence-electron chi connectivity index (χ1n) is 12.1. The summed E-state index contributed by atoms with van der Waals surface area (Å²) in [4.78, 5) is 0. The predicted molar refractivity (Wildman–Crippen MR) is 156 cm³/mol. The second kappa shape index (κ2) is 10.3. The van der Waals surface area contributed by atoms with E-state index in [2.05, 4.69) is 145 Å². The van der Waals surface area contributed by atoms with Crippen molar-refractivity contribution in [3.05, 3.63) is 150 Å². The van der Waals surface area contributed by atoms with Crippen molar-refractivity contribution in [1.29, 1.82) is 0 Å². The summed E-state index contributed by atoms with van der Waals surface area (Å²) in [6.45, 7) is 0. The van der Waals surface area contributed by atoms with Gasteiger partial charge in [-0.25, -0.2) is 0 Å². The Morgan fingerprint density at radius 2 is 1.22 bits per heavy atom. The zero-order chi connectivity index (χ0) is 24.2. The van der Waals surface area contributed by atoms with Crippen molar-refractivity contribution >= 4 is 51.7 Å². The van der Waals surface area contributed by atoms with E-state index in [9.17, 15) is 0 Å². The van der Waals surface area contributed by atoms with E-state index in [0.717, 1.165) is 10.9 Å². The van der Waals surface area contributed by atoms with E-state index < -0.39 is 0 Å². The van der Waals surface area contributed by atoms with Crippen LogP contribution in [0.2, 0.25) is 0 Å². The Balaban J connectivity index is 1.36. The summed E-state index contributed by atoms with van der Waals surface area (Å²) < 4.78 is 1.33. The van der Waals surface area contributed by atoms with Crippen LogP contribution in [0.15, 0.2) is 133 Å². The first-order valence-corrected chi connectivity index (χ1v) is 14.2. The van der Waals surface area contributed by atoms with Gasteiger partial charge in [-0.05, 0) is 0 Å². The van der Waals surface area contributed by atoms with Gasteiger partial charge >= 0.3 is 219 Å². The SMILES string of the molecule is C(#Cc1ccc2ccccc2c1)/C=C(\[Se]Cc1cccc2ccccc12)c1ccc2ccccc2c1. The fourth-order valence-electron chi connectivity index (χ4n) is 4.58. The monoisotopic (exact) mass is 524 g/mol. The van der Waals surface area contributed by atoms with Crippen molar-refractivity contribution in [2.45, 2.75) is 5.32 Å². The molecule has 36 heavy (non-hydrogen) atoms. The number of hydrogen-bond donors (Lipinski definition) is 0. The van der Waals surface area contributed by atoms with Crippen LogP contribution in [0, 0.1) is 11.8 Å². The summed E-state index contributed by atoms with van der Waals surface area (Å²) in [6.07, 6.45) is 2.14. The molecule has 0 N–H and O–H groups in total. The van der Waals surface area contributed by atoms with Gasteiger partial charge < -0.3 is 0 Å². The molecule has 0 nitrogen and oxygen atoms in total. The number of rotatable bonds is 4. The van der Waals surface area contributed by atoms with Gasteiger partial charge in [-0.2, -0.15) is 0 Å². The van der Waals surface area contributed by atoms with E-state index in [4.69, 9.17) is 0 Å². The van der Waals surface area contributed by atoms with Gasteiger partial charge in [-0.1, -0.05) is 0 Å². The summed E-state index contributed by atoms with van der Waals surface area (Å²) in [6, 6.07) is 45.5. The zero-order valence-electron chi connectivity index (χ0n) is 19.8. The maximum atomic E-state index is 3.39. The van der Waals surface area contributed by atoms with Crippen molar-refractivity contribution in [3.8, 4) is 11.8 Å². The molecule has 0 heterocycles. The third kappa shape index (κ3) is 4.84. The molecule has 6 rings (SSSR count). The molecule has 1 heteroatoms. The van der Waals surface area contributed by atoms with E-state index >= 15 is 0 Å². The molecular formula is C35H24Se. The Bertz CT molecular complexity index is 1790. The van der Waals surface area contributed by atoms with E-state index in [-0.39, 0.29) is 15.0 Å². The van der Waals surface area contributed by atoms with E-state index in [1.165, 1.54) is 47.9 Å². The van der Waals surface area contributed by atoms with Gasteiger partial charge in [-0.3, -0.25) is 0 Å².